The second-order valence-corrected chi connectivity index (χ2v) is 8.03. The molecule has 0 aliphatic carbocycles. The standard InChI is InChI=1S/C26H34N2O3/c1-3-5-8-24-25(22-18-20(27)11-14-23(22)31-24)26(29)19-9-12-21(13-10-19)30-17-7-16-28-15-6-4-2/h9-14,18,28H,3-8,15-17,27H2,1-2H3/p+1. The van der Waals surface area contributed by atoms with Gasteiger partial charge in [-0.25, -0.2) is 0 Å². The van der Waals surface area contributed by atoms with Gasteiger partial charge in [-0.3, -0.25) is 4.79 Å². The fraction of sp³-hybridized carbons (Fsp3) is 0.423. The van der Waals surface area contributed by atoms with Gasteiger partial charge in [0.2, 0.25) is 0 Å². The molecule has 0 fully saturated rings. The summed E-state index contributed by atoms with van der Waals surface area (Å²) in [5.41, 5.74) is 8.57. The summed E-state index contributed by atoms with van der Waals surface area (Å²) in [5.74, 6) is 1.50. The largest absolute Gasteiger partial charge is 0.493 e. The number of carbonyl (C=O) groups is 1. The summed E-state index contributed by atoms with van der Waals surface area (Å²) in [6.45, 7) is 7.28. The van der Waals surface area contributed by atoms with E-state index in [0.717, 1.165) is 49.1 Å². The monoisotopic (exact) mass is 423 g/mol. The van der Waals surface area contributed by atoms with Crippen LogP contribution < -0.4 is 15.8 Å². The lowest BCUT2D eigenvalue weighted by atomic mass is 9.98. The molecule has 3 aromatic rings. The minimum atomic E-state index is -0.0347. The number of benzene rings is 2. The lowest BCUT2D eigenvalue weighted by Gasteiger charge is -2.07. The number of hydrogen-bond acceptors (Lipinski definition) is 4. The van der Waals surface area contributed by atoms with E-state index in [9.17, 15) is 4.79 Å². The number of nitrogen functional groups attached to an aromatic ring is 1. The summed E-state index contributed by atoms with van der Waals surface area (Å²) in [4.78, 5) is 13.4. The highest BCUT2D eigenvalue weighted by Gasteiger charge is 2.22. The van der Waals surface area contributed by atoms with Crippen molar-refractivity contribution in [1.82, 2.24) is 0 Å². The van der Waals surface area contributed by atoms with E-state index in [-0.39, 0.29) is 5.78 Å². The van der Waals surface area contributed by atoms with E-state index in [2.05, 4.69) is 19.2 Å². The molecule has 0 aliphatic rings. The molecular weight excluding hydrogens is 388 g/mol. The molecule has 1 heterocycles. The van der Waals surface area contributed by atoms with E-state index in [1.165, 1.54) is 19.4 Å². The van der Waals surface area contributed by atoms with Crippen LogP contribution in [0.15, 0.2) is 46.9 Å². The predicted octanol–water partition coefficient (Wildman–Crippen LogP) is 4.72. The molecular formula is C26H35N2O3+. The molecule has 0 bridgehead atoms. The zero-order valence-corrected chi connectivity index (χ0v) is 18.8. The number of carbonyl (C=O) groups excluding carboxylic acids is 1. The quantitative estimate of drug-likeness (QED) is 0.237. The number of unbranched alkanes of at least 4 members (excludes halogenated alkanes) is 2. The van der Waals surface area contributed by atoms with E-state index in [4.69, 9.17) is 14.9 Å². The highest BCUT2D eigenvalue weighted by Crippen LogP contribution is 2.31. The first-order valence-electron chi connectivity index (χ1n) is 11.5. The number of aryl methyl sites for hydroxylation is 1. The summed E-state index contributed by atoms with van der Waals surface area (Å²) in [7, 11) is 0. The second-order valence-electron chi connectivity index (χ2n) is 8.03. The number of fused-ring (bicyclic) bond motifs is 1. The van der Waals surface area contributed by atoms with E-state index in [1.807, 2.05) is 36.4 Å². The fourth-order valence-corrected chi connectivity index (χ4v) is 3.69. The molecule has 31 heavy (non-hydrogen) atoms. The highest BCUT2D eigenvalue weighted by atomic mass is 16.5. The van der Waals surface area contributed by atoms with Crippen molar-refractivity contribution in [2.24, 2.45) is 0 Å². The number of ether oxygens (including phenoxy) is 1. The van der Waals surface area contributed by atoms with Gasteiger partial charge in [0.15, 0.2) is 5.78 Å². The first-order valence-corrected chi connectivity index (χ1v) is 11.5. The molecule has 5 heteroatoms. The first-order chi connectivity index (χ1) is 15.1. The third kappa shape index (κ3) is 6.11. The Morgan fingerprint density at radius 1 is 1.00 bits per heavy atom. The number of furan rings is 1. The number of nitrogens with two attached hydrogens (primary N) is 2. The number of ketones is 1. The molecule has 0 radical (unpaired) electrons. The van der Waals surface area contributed by atoms with Gasteiger partial charge in [0.05, 0.1) is 25.3 Å². The van der Waals surface area contributed by atoms with Gasteiger partial charge in [0.1, 0.15) is 17.1 Å². The zero-order chi connectivity index (χ0) is 22.1. The summed E-state index contributed by atoms with van der Waals surface area (Å²) in [5, 5.41) is 3.13. The van der Waals surface area contributed by atoms with Crippen LogP contribution in [-0.2, 0) is 6.42 Å². The van der Waals surface area contributed by atoms with Gasteiger partial charge in [-0.05, 0) is 55.3 Å². The first kappa shape index (κ1) is 22.9. The van der Waals surface area contributed by atoms with Crippen LogP contribution in [0.3, 0.4) is 0 Å². The fourth-order valence-electron chi connectivity index (χ4n) is 3.69. The molecule has 0 saturated carbocycles. The summed E-state index contributed by atoms with van der Waals surface area (Å²) >= 11 is 0. The van der Waals surface area contributed by atoms with Crippen molar-refractivity contribution in [2.75, 3.05) is 25.4 Å². The summed E-state index contributed by atoms with van der Waals surface area (Å²) in [6, 6.07) is 12.9. The van der Waals surface area contributed by atoms with E-state index in [1.54, 1.807) is 6.07 Å². The van der Waals surface area contributed by atoms with Crippen LogP contribution >= 0.6 is 0 Å². The van der Waals surface area contributed by atoms with E-state index < -0.39 is 0 Å². The molecule has 4 N–H and O–H groups in total. The second kappa shape index (κ2) is 11.6. The van der Waals surface area contributed by atoms with Crippen molar-refractivity contribution >= 4 is 22.4 Å². The average molecular weight is 424 g/mol. The van der Waals surface area contributed by atoms with Crippen LogP contribution in [-0.4, -0.2) is 25.5 Å². The minimum absolute atomic E-state index is 0.0347. The molecule has 0 atom stereocenters. The molecule has 2 aromatic carbocycles. The Balaban J connectivity index is 1.68. The Labute approximate surface area is 185 Å². The molecule has 5 nitrogen and oxygen atoms in total. The number of anilines is 1. The topological polar surface area (TPSA) is 82.1 Å². The normalized spacial score (nSPS) is 11.2. The Morgan fingerprint density at radius 2 is 1.74 bits per heavy atom. The highest BCUT2D eigenvalue weighted by molar-refractivity contribution is 6.17. The number of hydrogen-bond donors (Lipinski definition) is 2. The Bertz CT molecular complexity index is 976. The van der Waals surface area contributed by atoms with E-state index in [0.29, 0.717) is 29.0 Å². The van der Waals surface area contributed by atoms with Crippen LogP contribution in [0.5, 0.6) is 5.75 Å². The van der Waals surface area contributed by atoms with Crippen molar-refractivity contribution in [3.05, 3.63) is 59.4 Å². The van der Waals surface area contributed by atoms with E-state index >= 15 is 0 Å². The van der Waals surface area contributed by atoms with Gasteiger partial charge in [-0.1, -0.05) is 26.7 Å². The lowest BCUT2D eigenvalue weighted by molar-refractivity contribution is -0.655. The average Bonchev–Trinajstić information content (AvgIpc) is 3.14. The molecule has 166 valence electrons. The molecule has 3 rings (SSSR count). The molecule has 0 spiro atoms. The maximum Gasteiger partial charge on any atom is 0.197 e. The maximum absolute atomic E-state index is 13.4. The Morgan fingerprint density at radius 3 is 2.48 bits per heavy atom. The molecule has 0 saturated heterocycles. The zero-order valence-electron chi connectivity index (χ0n) is 18.8. The lowest BCUT2D eigenvalue weighted by Crippen LogP contribution is -2.84. The number of quaternary nitrogens is 1. The third-order valence-corrected chi connectivity index (χ3v) is 5.47. The van der Waals surface area contributed by atoms with Crippen LogP contribution in [0.1, 0.15) is 67.6 Å². The van der Waals surface area contributed by atoms with Gasteiger partial charge in [0, 0.05) is 29.5 Å². The molecule has 0 amide bonds. The smallest absolute Gasteiger partial charge is 0.197 e. The third-order valence-electron chi connectivity index (χ3n) is 5.47. The molecule has 0 aliphatic heterocycles. The predicted molar refractivity (Wildman–Crippen MR) is 126 cm³/mol. The molecule has 0 unspecified atom stereocenters. The van der Waals surface area contributed by atoms with Crippen molar-refractivity contribution in [2.45, 2.75) is 52.4 Å². The van der Waals surface area contributed by atoms with Gasteiger partial charge in [-0.2, -0.15) is 0 Å². The number of rotatable bonds is 13. The van der Waals surface area contributed by atoms with Gasteiger partial charge in [0.25, 0.3) is 0 Å². The van der Waals surface area contributed by atoms with Gasteiger partial charge >= 0.3 is 0 Å². The SMILES string of the molecule is CCCC[NH2+]CCCOc1ccc(C(=O)c2c(CCCC)oc3ccc(N)cc23)cc1. The molecule has 1 aromatic heterocycles. The van der Waals surface area contributed by atoms with Crippen LogP contribution in [0.4, 0.5) is 5.69 Å². The van der Waals surface area contributed by atoms with Crippen molar-refractivity contribution < 1.29 is 19.3 Å². The van der Waals surface area contributed by atoms with Crippen molar-refractivity contribution in [1.29, 1.82) is 0 Å². The van der Waals surface area contributed by atoms with Crippen molar-refractivity contribution in [3.8, 4) is 5.75 Å². The van der Waals surface area contributed by atoms with Crippen molar-refractivity contribution in [3.63, 3.8) is 0 Å². The summed E-state index contributed by atoms with van der Waals surface area (Å²) in [6.07, 6.45) is 6.25. The summed E-state index contributed by atoms with van der Waals surface area (Å²) < 4.78 is 11.9. The Kier molecular flexibility index (Phi) is 8.53. The van der Waals surface area contributed by atoms with Gasteiger partial charge in [-0.15, -0.1) is 0 Å². The maximum atomic E-state index is 13.4. The van der Waals surface area contributed by atoms with Crippen LogP contribution in [0.2, 0.25) is 0 Å². The minimum Gasteiger partial charge on any atom is -0.493 e. The van der Waals surface area contributed by atoms with Crippen LogP contribution in [0, 0.1) is 0 Å². The Hall–Kier alpha value is -2.79. The van der Waals surface area contributed by atoms with Gasteiger partial charge < -0.3 is 20.2 Å². The van der Waals surface area contributed by atoms with Crippen LogP contribution in [0.25, 0.3) is 11.0 Å².